The molecule has 0 aliphatic carbocycles. The topological polar surface area (TPSA) is 83.8 Å². The van der Waals surface area contributed by atoms with Gasteiger partial charge in [0, 0.05) is 11.8 Å². The Morgan fingerprint density at radius 2 is 2.33 bits per heavy atom. The Labute approximate surface area is 102 Å². The number of halogens is 1. The number of benzene rings is 1. The lowest BCUT2D eigenvalue weighted by atomic mass is 10.1. The van der Waals surface area contributed by atoms with Crippen molar-refractivity contribution in [3.8, 4) is 0 Å². The Kier molecular flexibility index (Phi) is 3.22. The third-order valence-electron chi connectivity index (χ3n) is 2.56. The molecular weight excluding hydrogens is 239 g/mol. The predicted molar refractivity (Wildman–Crippen MR) is 63.7 cm³/mol. The van der Waals surface area contributed by atoms with E-state index in [-0.39, 0.29) is 11.7 Å². The van der Waals surface area contributed by atoms with Crippen LogP contribution < -0.4 is 5.32 Å². The molecule has 94 valence electrons. The number of para-hydroxylation sites is 1. The normalized spacial score (nSPS) is 12.1. The standard InChI is InChI=1S/C11H11FN4O2/c1-7(8-5-13-14-6-8)15-10-4-2-3-9(12)11(10)16(17)18/h2-7,15H,1H3,(H,13,14). The first kappa shape index (κ1) is 12.0. The first-order valence-electron chi connectivity index (χ1n) is 5.27. The summed E-state index contributed by atoms with van der Waals surface area (Å²) in [6.07, 6.45) is 3.27. The van der Waals surface area contributed by atoms with Crippen molar-refractivity contribution in [3.63, 3.8) is 0 Å². The van der Waals surface area contributed by atoms with Crippen molar-refractivity contribution in [2.24, 2.45) is 0 Å². The fourth-order valence-electron chi connectivity index (χ4n) is 1.63. The summed E-state index contributed by atoms with van der Waals surface area (Å²) in [6, 6.07) is 3.74. The van der Waals surface area contributed by atoms with Crippen LogP contribution in [0.5, 0.6) is 0 Å². The molecule has 0 saturated carbocycles. The molecule has 0 aliphatic heterocycles. The second-order valence-corrected chi connectivity index (χ2v) is 3.79. The molecular formula is C11H11FN4O2. The van der Waals surface area contributed by atoms with E-state index in [0.29, 0.717) is 0 Å². The molecule has 1 aromatic heterocycles. The zero-order chi connectivity index (χ0) is 13.1. The van der Waals surface area contributed by atoms with Gasteiger partial charge in [-0.2, -0.15) is 9.49 Å². The molecule has 1 unspecified atom stereocenters. The molecule has 0 fully saturated rings. The molecule has 1 atom stereocenters. The molecule has 0 bridgehead atoms. The Morgan fingerprint density at radius 1 is 1.56 bits per heavy atom. The van der Waals surface area contributed by atoms with Crippen molar-refractivity contribution >= 4 is 11.4 Å². The summed E-state index contributed by atoms with van der Waals surface area (Å²) < 4.78 is 13.4. The van der Waals surface area contributed by atoms with Crippen LogP contribution in [0, 0.1) is 15.9 Å². The molecule has 18 heavy (non-hydrogen) atoms. The second-order valence-electron chi connectivity index (χ2n) is 3.79. The average molecular weight is 250 g/mol. The Balaban J connectivity index is 2.29. The number of aromatic nitrogens is 2. The minimum Gasteiger partial charge on any atom is -0.373 e. The van der Waals surface area contributed by atoms with Gasteiger partial charge < -0.3 is 5.32 Å². The van der Waals surface area contributed by atoms with E-state index in [1.54, 1.807) is 19.3 Å². The number of hydrogen-bond donors (Lipinski definition) is 2. The van der Waals surface area contributed by atoms with E-state index in [1.807, 2.05) is 0 Å². The summed E-state index contributed by atoms with van der Waals surface area (Å²) in [5.41, 5.74) is 0.426. The van der Waals surface area contributed by atoms with Crippen molar-refractivity contribution in [1.29, 1.82) is 0 Å². The number of nitrogens with zero attached hydrogens (tertiary/aromatic N) is 2. The maximum atomic E-state index is 13.4. The van der Waals surface area contributed by atoms with Gasteiger partial charge in [-0.3, -0.25) is 15.2 Å². The van der Waals surface area contributed by atoms with Gasteiger partial charge >= 0.3 is 5.69 Å². The first-order valence-corrected chi connectivity index (χ1v) is 5.27. The minimum absolute atomic E-state index is 0.147. The van der Waals surface area contributed by atoms with E-state index in [2.05, 4.69) is 15.5 Å². The molecule has 0 amide bonds. The summed E-state index contributed by atoms with van der Waals surface area (Å²) in [7, 11) is 0. The molecule has 1 heterocycles. The smallest absolute Gasteiger partial charge is 0.327 e. The number of H-pyrrole nitrogens is 1. The molecule has 0 saturated heterocycles. The van der Waals surface area contributed by atoms with Crippen molar-refractivity contribution in [3.05, 3.63) is 52.1 Å². The molecule has 6 nitrogen and oxygen atoms in total. The van der Waals surface area contributed by atoms with Gasteiger partial charge in [0.15, 0.2) is 0 Å². The van der Waals surface area contributed by atoms with Crippen LogP contribution in [-0.4, -0.2) is 15.1 Å². The number of hydrogen-bond acceptors (Lipinski definition) is 4. The van der Waals surface area contributed by atoms with Gasteiger partial charge in [0.2, 0.25) is 5.82 Å². The maximum absolute atomic E-state index is 13.4. The van der Waals surface area contributed by atoms with Gasteiger partial charge in [-0.25, -0.2) is 0 Å². The minimum atomic E-state index is -0.857. The monoisotopic (exact) mass is 250 g/mol. The Hall–Kier alpha value is -2.44. The maximum Gasteiger partial charge on any atom is 0.327 e. The van der Waals surface area contributed by atoms with Crippen molar-refractivity contribution < 1.29 is 9.31 Å². The van der Waals surface area contributed by atoms with Crippen LogP contribution in [0.25, 0.3) is 0 Å². The fourth-order valence-corrected chi connectivity index (χ4v) is 1.63. The van der Waals surface area contributed by atoms with Gasteiger partial charge in [0.1, 0.15) is 5.69 Å². The molecule has 0 radical (unpaired) electrons. The van der Waals surface area contributed by atoms with E-state index in [1.165, 1.54) is 12.1 Å². The molecule has 2 rings (SSSR count). The molecule has 7 heteroatoms. The average Bonchev–Trinajstić information content (AvgIpc) is 2.81. The highest BCUT2D eigenvalue weighted by molar-refractivity contribution is 5.62. The summed E-state index contributed by atoms with van der Waals surface area (Å²) in [5.74, 6) is -0.857. The number of anilines is 1. The van der Waals surface area contributed by atoms with E-state index in [4.69, 9.17) is 0 Å². The lowest BCUT2D eigenvalue weighted by Gasteiger charge is -2.13. The van der Waals surface area contributed by atoms with Crippen LogP contribution in [-0.2, 0) is 0 Å². The van der Waals surface area contributed by atoms with Gasteiger partial charge in [-0.15, -0.1) is 0 Å². The van der Waals surface area contributed by atoms with E-state index >= 15 is 0 Å². The number of nitro groups is 1. The Morgan fingerprint density at radius 3 is 2.94 bits per heavy atom. The molecule has 2 N–H and O–H groups in total. The summed E-state index contributed by atoms with van der Waals surface area (Å²) in [6.45, 7) is 1.81. The predicted octanol–water partition coefficient (Wildman–Crippen LogP) is 2.63. The summed E-state index contributed by atoms with van der Waals surface area (Å²) in [4.78, 5) is 10.1. The lowest BCUT2D eigenvalue weighted by molar-refractivity contribution is -0.386. The van der Waals surface area contributed by atoms with Crippen LogP contribution in [0.2, 0.25) is 0 Å². The van der Waals surface area contributed by atoms with E-state index in [0.717, 1.165) is 11.6 Å². The third kappa shape index (κ3) is 2.29. The number of rotatable bonds is 4. The van der Waals surface area contributed by atoms with Crippen LogP contribution in [0.1, 0.15) is 18.5 Å². The summed E-state index contributed by atoms with van der Waals surface area (Å²) >= 11 is 0. The van der Waals surface area contributed by atoms with Gasteiger partial charge in [0.05, 0.1) is 17.2 Å². The second kappa shape index (κ2) is 4.82. The molecule has 1 aromatic carbocycles. The fraction of sp³-hybridized carbons (Fsp3) is 0.182. The lowest BCUT2D eigenvalue weighted by Crippen LogP contribution is -2.08. The zero-order valence-corrected chi connectivity index (χ0v) is 9.55. The number of nitro benzene ring substituents is 1. The number of aromatic amines is 1. The molecule has 2 aromatic rings. The van der Waals surface area contributed by atoms with E-state index in [9.17, 15) is 14.5 Å². The molecule has 0 aliphatic rings. The SMILES string of the molecule is CC(Nc1cccc(F)c1[N+](=O)[O-])c1cn[nH]c1. The van der Waals surface area contributed by atoms with Crippen molar-refractivity contribution in [2.75, 3.05) is 5.32 Å². The van der Waals surface area contributed by atoms with Crippen molar-refractivity contribution in [1.82, 2.24) is 10.2 Å². The van der Waals surface area contributed by atoms with Crippen molar-refractivity contribution in [2.45, 2.75) is 13.0 Å². The van der Waals surface area contributed by atoms with Gasteiger partial charge in [0.25, 0.3) is 0 Å². The highest BCUT2D eigenvalue weighted by atomic mass is 19.1. The molecule has 0 spiro atoms. The van der Waals surface area contributed by atoms with Gasteiger partial charge in [-0.05, 0) is 19.1 Å². The third-order valence-corrected chi connectivity index (χ3v) is 2.56. The van der Waals surface area contributed by atoms with Crippen LogP contribution >= 0.6 is 0 Å². The summed E-state index contributed by atoms with van der Waals surface area (Å²) in [5, 5.41) is 20.1. The quantitative estimate of drug-likeness (QED) is 0.645. The Bertz CT molecular complexity index is 556. The zero-order valence-electron chi connectivity index (χ0n) is 9.55. The number of nitrogens with one attached hydrogen (secondary N) is 2. The van der Waals surface area contributed by atoms with E-state index < -0.39 is 16.4 Å². The van der Waals surface area contributed by atoms with Crippen LogP contribution in [0.4, 0.5) is 15.8 Å². The highest BCUT2D eigenvalue weighted by Gasteiger charge is 2.21. The van der Waals surface area contributed by atoms with Crippen LogP contribution in [0.15, 0.2) is 30.6 Å². The van der Waals surface area contributed by atoms with Crippen LogP contribution in [0.3, 0.4) is 0 Å². The first-order chi connectivity index (χ1) is 8.59. The highest BCUT2D eigenvalue weighted by Crippen LogP contribution is 2.30. The largest absolute Gasteiger partial charge is 0.373 e. The van der Waals surface area contributed by atoms with Gasteiger partial charge in [-0.1, -0.05) is 6.07 Å².